The van der Waals surface area contributed by atoms with E-state index in [-0.39, 0.29) is 71.0 Å². The minimum atomic E-state index is -3.48. The van der Waals surface area contributed by atoms with Crippen molar-refractivity contribution in [2.75, 3.05) is 19.4 Å². The van der Waals surface area contributed by atoms with Crippen molar-refractivity contribution in [2.24, 2.45) is 0 Å². The van der Waals surface area contributed by atoms with Gasteiger partial charge in [0.25, 0.3) is 10.1 Å². The molecule has 0 bridgehead atoms. The number of nitrogens with one attached hydrogen (secondary N) is 1. The van der Waals surface area contributed by atoms with Crippen LogP contribution in [0.2, 0.25) is 0 Å². The molecule has 0 spiro atoms. The van der Waals surface area contributed by atoms with Crippen LogP contribution in [-0.2, 0) is 19.1 Å². The van der Waals surface area contributed by atoms with Crippen molar-refractivity contribution in [3.05, 3.63) is 0 Å². The van der Waals surface area contributed by atoms with Crippen molar-refractivity contribution in [3.8, 4) is 0 Å². The molecule has 0 saturated carbocycles. The van der Waals surface area contributed by atoms with Crippen molar-refractivity contribution in [2.45, 2.75) is 96.8 Å². The van der Waals surface area contributed by atoms with Crippen molar-refractivity contribution in [3.63, 3.8) is 0 Å². The van der Waals surface area contributed by atoms with Gasteiger partial charge in [-0.2, -0.15) is 8.42 Å². The van der Waals surface area contributed by atoms with E-state index in [0.29, 0.717) is 6.42 Å². The summed E-state index contributed by atoms with van der Waals surface area (Å²) in [7, 11) is -2.35. The first kappa shape index (κ1) is 29.2. The van der Waals surface area contributed by atoms with Gasteiger partial charge >= 0.3 is 51.4 Å². The van der Waals surface area contributed by atoms with Gasteiger partial charge in [0, 0.05) is 13.0 Å². The number of hydrogen-bond donors (Lipinski definition) is 1. The van der Waals surface area contributed by atoms with Crippen molar-refractivity contribution >= 4 is 16.0 Å². The molecule has 5 nitrogen and oxygen atoms in total. The number of rotatable bonds is 18. The van der Waals surface area contributed by atoms with E-state index < -0.39 is 10.1 Å². The molecule has 0 aliphatic rings. The Morgan fingerprint density at radius 1 is 0.846 bits per heavy atom. The average molecular weight is 418 g/mol. The van der Waals surface area contributed by atoms with E-state index in [4.69, 9.17) is 0 Å². The van der Waals surface area contributed by atoms with Gasteiger partial charge in [-0.3, -0.25) is 8.98 Å². The van der Waals surface area contributed by atoms with Gasteiger partial charge in [0.15, 0.2) is 0 Å². The molecule has 1 amide bonds. The topological polar surface area (TPSA) is 72.5 Å². The van der Waals surface area contributed by atoms with Gasteiger partial charge < -0.3 is 6.74 Å². The quantitative estimate of drug-likeness (QED) is 0.209. The van der Waals surface area contributed by atoms with Crippen LogP contribution in [0.4, 0.5) is 0 Å². The summed E-state index contributed by atoms with van der Waals surface area (Å²) >= 11 is 0. The van der Waals surface area contributed by atoms with Crippen molar-refractivity contribution in [1.29, 1.82) is 0 Å². The number of carbonyl (C=O) groups is 1. The Hall–Kier alpha value is 1.02. The van der Waals surface area contributed by atoms with Gasteiger partial charge in [-0.15, -0.1) is 0 Å². The number of unbranched alkanes of at least 4 members (excludes halogenated alkanes) is 12. The predicted molar refractivity (Wildman–Crippen MR) is 105 cm³/mol. The van der Waals surface area contributed by atoms with Crippen LogP contribution in [0.15, 0.2) is 0 Å². The fraction of sp³-hybridized carbons (Fsp3) is 0.947. The molecule has 0 atom stereocenters. The van der Waals surface area contributed by atoms with Crippen LogP contribution in [-0.4, -0.2) is 33.7 Å². The molecule has 0 unspecified atom stereocenters. The normalized spacial score (nSPS) is 11.2. The van der Waals surface area contributed by atoms with E-state index in [0.717, 1.165) is 20.0 Å². The summed E-state index contributed by atoms with van der Waals surface area (Å²) in [5.74, 6) is -0.247. The fourth-order valence-electron chi connectivity index (χ4n) is 2.79. The zero-order chi connectivity index (χ0) is 18.8. The summed E-state index contributed by atoms with van der Waals surface area (Å²) in [5, 5.41) is 2.62. The maximum Gasteiger partial charge on any atom is 1.00 e. The summed E-state index contributed by atoms with van der Waals surface area (Å²) in [4.78, 5) is 11.6. The second-order valence-electron chi connectivity index (χ2n) is 6.77. The molecule has 0 fully saturated rings. The molecular formula is C19H40KNO4S. The second kappa shape index (κ2) is 20.7. The summed E-state index contributed by atoms with van der Waals surface area (Å²) in [5.41, 5.74) is 0. The molecule has 0 heterocycles. The van der Waals surface area contributed by atoms with Crippen LogP contribution in [0.5, 0.6) is 0 Å². The molecule has 0 aliphatic carbocycles. The van der Waals surface area contributed by atoms with E-state index in [2.05, 4.69) is 16.4 Å². The van der Waals surface area contributed by atoms with E-state index in [9.17, 15) is 13.2 Å². The van der Waals surface area contributed by atoms with Crippen LogP contribution < -0.4 is 56.7 Å². The van der Waals surface area contributed by atoms with Crippen LogP contribution in [0.3, 0.4) is 0 Å². The van der Waals surface area contributed by atoms with E-state index in [1.54, 1.807) is 0 Å². The number of carbonyl (C=O) groups excluding carboxylic acids is 1. The summed E-state index contributed by atoms with van der Waals surface area (Å²) in [6.45, 7) is 2.37. The van der Waals surface area contributed by atoms with Gasteiger partial charge in [-0.1, -0.05) is 84.0 Å². The first-order valence-corrected chi connectivity index (χ1v) is 11.6. The summed E-state index contributed by atoms with van der Waals surface area (Å²) < 4.78 is 26.5. The molecule has 152 valence electrons. The van der Waals surface area contributed by atoms with Gasteiger partial charge in [-0.05, 0) is 6.42 Å². The minimum absolute atomic E-state index is 0. The minimum Gasteiger partial charge on any atom is -1.00 e. The number of amides is 1. The molecule has 0 aromatic heterocycles. The monoisotopic (exact) mass is 417 g/mol. The van der Waals surface area contributed by atoms with E-state index in [1.165, 1.54) is 70.6 Å². The maximum absolute atomic E-state index is 11.6. The molecule has 0 radical (unpaired) electrons. The van der Waals surface area contributed by atoms with Crippen LogP contribution in [0.1, 0.15) is 98.2 Å². The Bertz CT molecular complexity index is 422. The Labute approximate surface area is 205 Å². The SMILES string of the molecule is CCCCCCCCCCCCCCCC(=O)NCCS(=O)(=O)OC.[H-].[K+]. The molecule has 1 N–H and O–H groups in total. The standard InChI is InChI=1S/C19H39NO4S.K.H/c1-3-4-5-6-7-8-9-10-11-12-13-14-15-16-19(21)20-17-18-25(22,23)24-2;;/h3-18H2,1-2H3,(H,20,21);;/q;+1;-1. The third kappa shape index (κ3) is 21.3. The maximum atomic E-state index is 11.6. The zero-order valence-corrected chi connectivity index (χ0v) is 21.3. The van der Waals surface area contributed by atoms with Gasteiger partial charge in [0.05, 0.1) is 12.9 Å². The molecule has 0 saturated heterocycles. The molecule has 26 heavy (non-hydrogen) atoms. The third-order valence-electron chi connectivity index (χ3n) is 4.44. The van der Waals surface area contributed by atoms with E-state index >= 15 is 0 Å². The number of hydrogen-bond acceptors (Lipinski definition) is 4. The summed E-state index contributed by atoms with van der Waals surface area (Å²) in [6.07, 6.45) is 17.1. The summed E-state index contributed by atoms with van der Waals surface area (Å²) in [6, 6.07) is 0. The van der Waals surface area contributed by atoms with Gasteiger partial charge in [-0.25, -0.2) is 0 Å². The van der Waals surface area contributed by atoms with Crippen LogP contribution >= 0.6 is 0 Å². The first-order chi connectivity index (χ1) is 12.0. The third-order valence-corrected chi connectivity index (χ3v) is 5.65. The Morgan fingerprint density at radius 3 is 1.69 bits per heavy atom. The van der Waals surface area contributed by atoms with E-state index in [1.807, 2.05) is 0 Å². The predicted octanol–water partition coefficient (Wildman–Crippen LogP) is 1.68. The van der Waals surface area contributed by atoms with Gasteiger partial charge in [0.1, 0.15) is 0 Å². The molecule has 7 heteroatoms. The Kier molecular flexibility index (Phi) is 23.3. The molecule has 0 aromatic rings. The van der Waals surface area contributed by atoms with Crippen LogP contribution in [0.25, 0.3) is 0 Å². The Morgan fingerprint density at radius 2 is 1.27 bits per heavy atom. The Balaban J connectivity index is -0.00000288. The largest absolute Gasteiger partial charge is 1.00 e. The second-order valence-corrected chi connectivity index (χ2v) is 8.63. The van der Waals surface area contributed by atoms with Crippen molar-refractivity contribution < 1.29 is 70.2 Å². The molecule has 0 aromatic carbocycles. The van der Waals surface area contributed by atoms with Gasteiger partial charge in [0.2, 0.25) is 5.91 Å². The average Bonchev–Trinajstić information content (AvgIpc) is 2.59. The zero-order valence-electron chi connectivity index (χ0n) is 18.4. The smallest absolute Gasteiger partial charge is 1.00 e. The molecule has 0 rings (SSSR count). The van der Waals surface area contributed by atoms with Crippen LogP contribution in [0, 0.1) is 0 Å². The van der Waals surface area contributed by atoms with Crippen molar-refractivity contribution in [1.82, 2.24) is 5.32 Å². The molecule has 0 aliphatic heterocycles. The molecular weight excluding hydrogens is 377 g/mol. The first-order valence-electron chi connectivity index (χ1n) is 10.1. The fourth-order valence-corrected chi connectivity index (χ4v) is 3.31.